The summed E-state index contributed by atoms with van der Waals surface area (Å²) in [7, 11) is -3.43. The first-order chi connectivity index (χ1) is 11.0. The van der Waals surface area contributed by atoms with E-state index in [1.54, 1.807) is 20.7 Å². The fraction of sp³-hybridized carbons (Fsp3) is 0.750. The van der Waals surface area contributed by atoms with Gasteiger partial charge in [-0.05, 0) is 50.2 Å². The van der Waals surface area contributed by atoms with E-state index in [0.717, 1.165) is 25.7 Å². The summed E-state index contributed by atoms with van der Waals surface area (Å²) in [5, 5.41) is 10.3. The molecule has 2 saturated heterocycles. The van der Waals surface area contributed by atoms with E-state index in [1.807, 2.05) is 0 Å². The van der Waals surface area contributed by atoms with Crippen LogP contribution in [0.5, 0.6) is 0 Å². The zero-order valence-electron chi connectivity index (χ0n) is 13.6. The van der Waals surface area contributed by atoms with E-state index in [1.165, 1.54) is 6.26 Å². The van der Waals surface area contributed by atoms with E-state index in [9.17, 15) is 13.5 Å². The Hall–Kier alpha value is -0.890. The van der Waals surface area contributed by atoms with Crippen LogP contribution in [0, 0.1) is 5.92 Å². The molecule has 2 fully saturated rings. The molecule has 0 aliphatic carbocycles. The van der Waals surface area contributed by atoms with E-state index < -0.39 is 16.3 Å². The highest BCUT2D eigenvalue weighted by Crippen LogP contribution is 2.32. The predicted molar refractivity (Wildman–Crippen MR) is 86.9 cm³/mol. The van der Waals surface area contributed by atoms with Gasteiger partial charge in [0.05, 0.1) is 6.26 Å². The van der Waals surface area contributed by atoms with Crippen molar-refractivity contribution in [3.8, 4) is 0 Å². The fourth-order valence-corrected chi connectivity index (χ4v) is 5.73. The number of aliphatic hydroxyl groups is 1. The van der Waals surface area contributed by atoms with Gasteiger partial charge in [0.25, 0.3) is 10.2 Å². The Balaban J connectivity index is 1.70. The van der Waals surface area contributed by atoms with Gasteiger partial charge in [0.15, 0.2) is 0 Å². The first-order valence-corrected chi connectivity index (χ1v) is 9.86. The Kier molecular flexibility index (Phi) is 5.10. The number of hydrogen-bond donors (Lipinski definition) is 1. The third kappa shape index (κ3) is 3.63. The van der Waals surface area contributed by atoms with Crippen LogP contribution in [0.15, 0.2) is 22.8 Å². The molecule has 3 rings (SSSR count). The molecule has 0 radical (unpaired) electrons. The molecule has 1 aromatic heterocycles. The normalized spacial score (nSPS) is 29.0. The fourth-order valence-electron chi connectivity index (χ4n) is 3.71. The maximum absolute atomic E-state index is 13.0. The van der Waals surface area contributed by atoms with Gasteiger partial charge >= 0.3 is 0 Å². The zero-order valence-corrected chi connectivity index (χ0v) is 14.4. The summed E-state index contributed by atoms with van der Waals surface area (Å²) in [6.07, 6.45) is 4.80. The van der Waals surface area contributed by atoms with Gasteiger partial charge in [-0.25, -0.2) is 0 Å². The van der Waals surface area contributed by atoms with E-state index in [-0.39, 0.29) is 6.04 Å². The second-order valence-corrected chi connectivity index (χ2v) is 8.67. The molecule has 3 atom stereocenters. The maximum Gasteiger partial charge on any atom is 0.282 e. The van der Waals surface area contributed by atoms with Crippen molar-refractivity contribution >= 4 is 10.2 Å². The van der Waals surface area contributed by atoms with E-state index in [2.05, 4.69) is 6.92 Å². The number of nitrogens with zero attached hydrogens (tertiary/aromatic N) is 2. The number of aliphatic hydroxyl groups excluding tert-OH is 1. The van der Waals surface area contributed by atoms with Crippen LogP contribution in [0.2, 0.25) is 0 Å². The van der Waals surface area contributed by atoms with Crippen molar-refractivity contribution in [3.05, 3.63) is 24.2 Å². The van der Waals surface area contributed by atoms with Gasteiger partial charge in [-0.15, -0.1) is 0 Å². The smallest absolute Gasteiger partial charge is 0.282 e. The van der Waals surface area contributed by atoms with Crippen molar-refractivity contribution < 1.29 is 17.9 Å². The van der Waals surface area contributed by atoms with Gasteiger partial charge in [-0.3, -0.25) is 0 Å². The zero-order chi connectivity index (χ0) is 16.4. The summed E-state index contributed by atoms with van der Waals surface area (Å²) < 4.78 is 34.4. The second-order valence-electron chi connectivity index (χ2n) is 6.79. The molecule has 3 unspecified atom stereocenters. The minimum absolute atomic E-state index is 0.155. The minimum Gasteiger partial charge on any atom is -0.467 e. The van der Waals surface area contributed by atoms with Gasteiger partial charge < -0.3 is 9.52 Å². The van der Waals surface area contributed by atoms with Crippen LogP contribution < -0.4 is 0 Å². The van der Waals surface area contributed by atoms with Gasteiger partial charge in [0.1, 0.15) is 11.9 Å². The maximum atomic E-state index is 13.0. The Morgan fingerprint density at radius 2 is 2.13 bits per heavy atom. The molecular formula is C16H26N2O4S. The quantitative estimate of drug-likeness (QED) is 0.890. The Morgan fingerprint density at radius 3 is 2.83 bits per heavy atom. The predicted octanol–water partition coefficient (Wildman–Crippen LogP) is 2.14. The van der Waals surface area contributed by atoms with Crippen LogP contribution in [0.25, 0.3) is 0 Å². The lowest BCUT2D eigenvalue weighted by Crippen LogP contribution is -2.49. The summed E-state index contributed by atoms with van der Waals surface area (Å²) in [5.74, 6) is 0.911. The third-order valence-corrected chi connectivity index (χ3v) is 6.99. The van der Waals surface area contributed by atoms with Crippen molar-refractivity contribution in [1.29, 1.82) is 0 Å². The van der Waals surface area contributed by atoms with Crippen LogP contribution in [0.4, 0.5) is 0 Å². The van der Waals surface area contributed by atoms with Gasteiger partial charge in [-0.1, -0.05) is 6.92 Å². The molecule has 3 heterocycles. The molecule has 0 aromatic carbocycles. The monoisotopic (exact) mass is 342 g/mol. The van der Waals surface area contributed by atoms with Crippen molar-refractivity contribution in [1.82, 2.24) is 8.61 Å². The highest BCUT2D eigenvalue weighted by atomic mass is 32.2. The topological polar surface area (TPSA) is 74.0 Å². The first kappa shape index (κ1) is 17.0. The van der Waals surface area contributed by atoms with Gasteiger partial charge in [0, 0.05) is 25.7 Å². The number of furan rings is 1. The summed E-state index contributed by atoms with van der Waals surface area (Å²) in [6.45, 7) is 3.86. The van der Waals surface area contributed by atoms with Crippen molar-refractivity contribution in [2.24, 2.45) is 5.92 Å². The van der Waals surface area contributed by atoms with Crippen LogP contribution in [0.3, 0.4) is 0 Å². The molecular weight excluding hydrogens is 316 g/mol. The largest absolute Gasteiger partial charge is 0.467 e. The van der Waals surface area contributed by atoms with Crippen LogP contribution in [-0.2, 0) is 10.2 Å². The highest BCUT2D eigenvalue weighted by molar-refractivity contribution is 7.86. The van der Waals surface area contributed by atoms with Crippen LogP contribution >= 0.6 is 0 Å². The van der Waals surface area contributed by atoms with Crippen molar-refractivity contribution in [2.45, 2.75) is 51.2 Å². The lowest BCUT2D eigenvalue weighted by atomic mass is 10.0. The molecule has 23 heavy (non-hydrogen) atoms. The van der Waals surface area contributed by atoms with Crippen molar-refractivity contribution in [3.63, 3.8) is 0 Å². The van der Waals surface area contributed by atoms with Crippen LogP contribution in [0.1, 0.15) is 50.9 Å². The molecule has 0 bridgehead atoms. The first-order valence-electron chi connectivity index (χ1n) is 8.47. The molecule has 1 N–H and O–H groups in total. The molecule has 0 saturated carbocycles. The van der Waals surface area contributed by atoms with Crippen LogP contribution in [-0.4, -0.2) is 47.8 Å². The third-order valence-electron chi connectivity index (χ3n) is 4.93. The molecule has 2 aliphatic heterocycles. The van der Waals surface area contributed by atoms with Crippen molar-refractivity contribution in [2.75, 3.05) is 19.6 Å². The standard InChI is InChI=1S/C16H26N2O4S/c1-13-5-2-8-17(12-13)23(20,21)18-9-3-6-14(18)11-15(19)16-7-4-10-22-16/h4,7,10,13-15,19H,2-3,5-6,8-9,11-12H2,1H3. The molecule has 0 amide bonds. The van der Waals surface area contributed by atoms with Gasteiger partial charge in [0.2, 0.25) is 0 Å². The number of rotatable bonds is 5. The summed E-state index contributed by atoms with van der Waals surface area (Å²) in [5.41, 5.74) is 0. The molecule has 130 valence electrons. The summed E-state index contributed by atoms with van der Waals surface area (Å²) >= 11 is 0. The molecule has 6 nitrogen and oxygen atoms in total. The molecule has 7 heteroatoms. The lowest BCUT2D eigenvalue weighted by molar-refractivity contribution is 0.117. The Bertz CT molecular complexity index is 602. The lowest BCUT2D eigenvalue weighted by Gasteiger charge is -2.35. The SMILES string of the molecule is CC1CCCN(S(=O)(=O)N2CCCC2CC(O)c2ccco2)C1. The highest BCUT2D eigenvalue weighted by Gasteiger charge is 2.40. The summed E-state index contributed by atoms with van der Waals surface area (Å²) in [4.78, 5) is 0. The number of hydrogen-bond acceptors (Lipinski definition) is 4. The minimum atomic E-state index is -3.43. The average Bonchev–Trinajstić information content (AvgIpc) is 3.18. The molecule has 0 spiro atoms. The number of piperidine rings is 1. The second kappa shape index (κ2) is 6.93. The van der Waals surface area contributed by atoms with E-state index >= 15 is 0 Å². The molecule has 2 aliphatic rings. The summed E-state index contributed by atoms with van der Waals surface area (Å²) in [6, 6.07) is 3.30. The van der Waals surface area contributed by atoms with E-state index in [0.29, 0.717) is 37.7 Å². The van der Waals surface area contributed by atoms with E-state index in [4.69, 9.17) is 4.42 Å². The Labute approximate surface area is 138 Å². The Morgan fingerprint density at radius 1 is 1.35 bits per heavy atom. The average molecular weight is 342 g/mol. The van der Waals surface area contributed by atoms with Gasteiger partial charge in [-0.2, -0.15) is 17.0 Å². The molecule has 1 aromatic rings.